The van der Waals surface area contributed by atoms with Gasteiger partial charge in [0.2, 0.25) is 0 Å². The molecule has 1 heterocycles. The monoisotopic (exact) mass is 273 g/mol. The van der Waals surface area contributed by atoms with Gasteiger partial charge in [0.1, 0.15) is 0 Å². The van der Waals surface area contributed by atoms with Crippen molar-refractivity contribution in [2.75, 3.05) is 0 Å². The summed E-state index contributed by atoms with van der Waals surface area (Å²) in [5.41, 5.74) is 4.49. The predicted molar refractivity (Wildman–Crippen MR) is 85.2 cm³/mol. The fourth-order valence-electron chi connectivity index (χ4n) is 2.87. The van der Waals surface area contributed by atoms with E-state index in [0.29, 0.717) is 6.04 Å². The van der Waals surface area contributed by atoms with Gasteiger partial charge in [-0.2, -0.15) is 0 Å². The van der Waals surface area contributed by atoms with Crippen molar-refractivity contribution in [1.29, 1.82) is 0 Å². The minimum absolute atomic E-state index is 0.556. The molecule has 3 rings (SSSR count). The highest BCUT2D eigenvalue weighted by molar-refractivity contribution is 7.19. The molecule has 1 nitrogen and oxygen atoms in total. The number of thiophene rings is 1. The van der Waals surface area contributed by atoms with Gasteiger partial charge in [-0.25, -0.2) is 0 Å². The molecule has 102 valence electrons. The van der Waals surface area contributed by atoms with Crippen LogP contribution in [0.4, 0.5) is 0 Å². The second-order valence-corrected chi connectivity index (χ2v) is 7.31. The van der Waals surface area contributed by atoms with Gasteiger partial charge in [-0.3, -0.25) is 0 Å². The molecule has 0 aliphatic heterocycles. The molecule has 1 aliphatic rings. The molecular formula is C17H23NS. The van der Waals surface area contributed by atoms with Crippen molar-refractivity contribution in [2.45, 2.75) is 59.0 Å². The smallest absolute Gasteiger partial charge is 0.0378 e. The van der Waals surface area contributed by atoms with E-state index in [1.165, 1.54) is 34.1 Å². The van der Waals surface area contributed by atoms with E-state index in [-0.39, 0.29) is 0 Å². The zero-order valence-corrected chi connectivity index (χ0v) is 13.2. The molecule has 0 saturated heterocycles. The quantitative estimate of drug-likeness (QED) is 0.836. The van der Waals surface area contributed by atoms with Gasteiger partial charge in [0.15, 0.2) is 0 Å². The Bertz CT molecular complexity index is 605. The molecule has 1 N–H and O–H groups in total. The SMILES string of the molecule is Cc1cc(C)c2sc(CNC(C)C)c(C3CC3)c2c1. The first kappa shape index (κ1) is 13.1. The molecule has 0 bridgehead atoms. The van der Waals surface area contributed by atoms with Crippen LogP contribution in [-0.2, 0) is 6.54 Å². The lowest BCUT2D eigenvalue weighted by molar-refractivity contribution is 0.591. The van der Waals surface area contributed by atoms with E-state index in [0.717, 1.165) is 12.5 Å². The average Bonchev–Trinajstić information content (AvgIpc) is 3.08. The standard InChI is InChI=1S/C17H23NS/c1-10(2)18-9-15-16(13-5-6-13)14-8-11(3)7-12(4)17(14)19-15/h7-8,10,13,18H,5-6,9H2,1-4H3. The Morgan fingerprint density at radius 2 is 2.00 bits per heavy atom. The van der Waals surface area contributed by atoms with Crippen LogP contribution in [0.3, 0.4) is 0 Å². The minimum Gasteiger partial charge on any atom is -0.310 e. The Morgan fingerprint density at radius 1 is 1.26 bits per heavy atom. The molecule has 19 heavy (non-hydrogen) atoms. The lowest BCUT2D eigenvalue weighted by Crippen LogP contribution is -2.21. The molecule has 0 amide bonds. The third-order valence-corrected chi connectivity index (χ3v) is 5.25. The number of fused-ring (bicyclic) bond motifs is 1. The first-order valence-electron chi connectivity index (χ1n) is 7.32. The fourth-order valence-corrected chi connectivity index (χ4v) is 4.15. The first-order valence-corrected chi connectivity index (χ1v) is 8.14. The van der Waals surface area contributed by atoms with Crippen molar-refractivity contribution in [3.8, 4) is 0 Å². The maximum absolute atomic E-state index is 3.59. The van der Waals surface area contributed by atoms with Crippen LogP contribution in [0.25, 0.3) is 10.1 Å². The Balaban J connectivity index is 2.10. The normalized spacial score (nSPS) is 15.6. The Kier molecular flexibility index (Phi) is 3.40. The van der Waals surface area contributed by atoms with Gasteiger partial charge in [0.05, 0.1) is 0 Å². The predicted octanol–water partition coefficient (Wildman–Crippen LogP) is 4.89. The largest absolute Gasteiger partial charge is 0.310 e. The number of nitrogens with one attached hydrogen (secondary N) is 1. The van der Waals surface area contributed by atoms with E-state index < -0.39 is 0 Å². The molecule has 2 aromatic rings. The van der Waals surface area contributed by atoms with Crippen LogP contribution in [0.2, 0.25) is 0 Å². The molecule has 0 atom stereocenters. The maximum Gasteiger partial charge on any atom is 0.0378 e. The maximum atomic E-state index is 3.59. The van der Waals surface area contributed by atoms with Crippen LogP contribution in [0.1, 0.15) is 54.2 Å². The van der Waals surface area contributed by atoms with Crippen molar-refractivity contribution in [3.63, 3.8) is 0 Å². The summed E-state index contributed by atoms with van der Waals surface area (Å²) in [5.74, 6) is 0.832. The van der Waals surface area contributed by atoms with Gasteiger partial charge in [0, 0.05) is 22.2 Å². The number of aryl methyl sites for hydroxylation is 2. The summed E-state index contributed by atoms with van der Waals surface area (Å²) in [6.45, 7) is 9.94. The highest BCUT2D eigenvalue weighted by Crippen LogP contribution is 2.48. The lowest BCUT2D eigenvalue weighted by atomic mass is 10.0. The van der Waals surface area contributed by atoms with Crippen molar-refractivity contribution in [1.82, 2.24) is 5.32 Å². The van der Waals surface area contributed by atoms with Crippen molar-refractivity contribution >= 4 is 21.4 Å². The third-order valence-electron chi connectivity index (χ3n) is 3.89. The van der Waals surface area contributed by atoms with Crippen LogP contribution >= 0.6 is 11.3 Å². The van der Waals surface area contributed by atoms with E-state index in [1.54, 1.807) is 10.4 Å². The van der Waals surface area contributed by atoms with Crippen LogP contribution in [-0.4, -0.2) is 6.04 Å². The molecule has 1 fully saturated rings. The second-order valence-electron chi connectivity index (χ2n) is 6.21. The van der Waals surface area contributed by atoms with Gasteiger partial charge in [0.25, 0.3) is 0 Å². The van der Waals surface area contributed by atoms with Gasteiger partial charge >= 0.3 is 0 Å². The highest BCUT2D eigenvalue weighted by atomic mass is 32.1. The molecule has 0 unspecified atom stereocenters. The summed E-state index contributed by atoms with van der Waals surface area (Å²) < 4.78 is 1.51. The van der Waals surface area contributed by atoms with E-state index in [1.807, 2.05) is 11.3 Å². The van der Waals surface area contributed by atoms with Crippen LogP contribution in [0, 0.1) is 13.8 Å². The molecule has 1 aliphatic carbocycles. The minimum atomic E-state index is 0.556. The van der Waals surface area contributed by atoms with Crippen molar-refractivity contribution in [2.24, 2.45) is 0 Å². The molecule has 1 aromatic carbocycles. The Labute approximate surface area is 120 Å². The molecule has 0 radical (unpaired) electrons. The van der Waals surface area contributed by atoms with Crippen LogP contribution in [0.15, 0.2) is 12.1 Å². The molecule has 0 spiro atoms. The number of benzene rings is 1. The van der Waals surface area contributed by atoms with Gasteiger partial charge in [-0.05, 0) is 49.1 Å². The van der Waals surface area contributed by atoms with Crippen LogP contribution < -0.4 is 5.32 Å². The van der Waals surface area contributed by atoms with Gasteiger partial charge in [-0.15, -0.1) is 11.3 Å². The van der Waals surface area contributed by atoms with Crippen molar-refractivity contribution in [3.05, 3.63) is 33.7 Å². The molecule has 1 saturated carbocycles. The Hall–Kier alpha value is -0.860. The summed E-state index contributed by atoms with van der Waals surface area (Å²) in [5, 5.41) is 5.12. The van der Waals surface area contributed by atoms with Crippen LogP contribution in [0.5, 0.6) is 0 Å². The Morgan fingerprint density at radius 3 is 2.63 bits per heavy atom. The summed E-state index contributed by atoms with van der Waals surface area (Å²) in [7, 11) is 0. The van der Waals surface area contributed by atoms with Crippen molar-refractivity contribution < 1.29 is 0 Å². The van der Waals surface area contributed by atoms with Gasteiger partial charge in [-0.1, -0.05) is 31.5 Å². The lowest BCUT2D eigenvalue weighted by Gasteiger charge is -2.08. The van der Waals surface area contributed by atoms with E-state index in [2.05, 4.69) is 45.1 Å². The molecular weight excluding hydrogens is 250 g/mol. The molecule has 2 heteroatoms. The van der Waals surface area contributed by atoms with E-state index in [9.17, 15) is 0 Å². The second kappa shape index (κ2) is 4.92. The van der Waals surface area contributed by atoms with E-state index in [4.69, 9.17) is 0 Å². The zero-order chi connectivity index (χ0) is 13.6. The first-order chi connectivity index (χ1) is 9.06. The summed E-state index contributed by atoms with van der Waals surface area (Å²) in [6.07, 6.45) is 2.76. The number of rotatable bonds is 4. The number of hydrogen-bond donors (Lipinski definition) is 1. The third kappa shape index (κ3) is 2.56. The topological polar surface area (TPSA) is 12.0 Å². The fraction of sp³-hybridized carbons (Fsp3) is 0.529. The average molecular weight is 273 g/mol. The highest BCUT2D eigenvalue weighted by Gasteiger charge is 2.29. The van der Waals surface area contributed by atoms with E-state index >= 15 is 0 Å². The summed E-state index contributed by atoms with van der Waals surface area (Å²) >= 11 is 2.01. The zero-order valence-electron chi connectivity index (χ0n) is 12.3. The summed E-state index contributed by atoms with van der Waals surface area (Å²) in [6, 6.07) is 5.26. The summed E-state index contributed by atoms with van der Waals surface area (Å²) in [4.78, 5) is 1.57. The number of hydrogen-bond acceptors (Lipinski definition) is 2. The molecule has 1 aromatic heterocycles. The van der Waals surface area contributed by atoms with Gasteiger partial charge < -0.3 is 5.32 Å².